The molecule has 0 fully saturated rings. The van der Waals surface area contributed by atoms with Crippen LogP contribution in [0.3, 0.4) is 0 Å². The number of hydrogen-bond acceptors (Lipinski definition) is 2. The highest BCUT2D eigenvalue weighted by Crippen LogP contribution is 2.17. The monoisotopic (exact) mass is 335 g/mol. The Hall–Kier alpha value is -0.0900. The molecular weight excluding hydrogens is 322 g/mol. The second-order valence-corrected chi connectivity index (χ2v) is 5.27. The van der Waals surface area contributed by atoms with E-state index < -0.39 is 0 Å². The van der Waals surface area contributed by atoms with Crippen molar-refractivity contribution in [2.24, 2.45) is 5.92 Å². The Morgan fingerprint density at radius 2 is 2.20 bits per heavy atom. The molecule has 4 heteroatoms. The van der Waals surface area contributed by atoms with Crippen LogP contribution in [-0.2, 0) is 0 Å². The molecule has 0 saturated carbocycles. The number of hydrogen-bond donors (Lipinski definition) is 0. The molecule has 0 aliphatic rings. The fraction of sp³-hybridized carbons (Fsp3) is 0.545. The van der Waals surface area contributed by atoms with Gasteiger partial charge in [-0.15, -0.1) is 0 Å². The number of halogens is 2. The summed E-state index contributed by atoms with van der Waals surface area (Å²) in [5.74, 6) is 1.53. The predicted molar refractivity (Wildman–Crippen MR) is 69.6 cm³/mol. The summed E-state index contributed by atoms with van der Waals surface area (Å²) in [5.41, 5.74) is 0. The van der Waals surface area contributed by atoms with Crippen LogP contribution in [0.4, 0.5) is 0 Å². The molecule has 0 bridgehead atoms. The van der Waals surface area contributed by atoms with Gasteiger partial charge in [0, 0.05) is 16.0 Å². The van der Waals surface area contributed by atoms with Gasteiger partial charge in [0.25, 0.3) is 0 Å². The predicted octanol–water partition coefficient (Wildman–Crippen LogP) is 4.03. The number of pyridine rings is 1. The molecule has 0 aromatic carbocycles. The van der Waals surface area contributed by atoms with Gasteiger partial charge in [0.05, 0.1) is 12.8 Å². The Morgan fingerprint density at radius 1 is 1.40 bits per heavy atom. The normalized spacial score (nSPS) is 12.5. The summed E-state index contributed by atoms with van der Waals surface area (Å²) in [5, 5.41) is 1.06. The smallest absolute Gasteiger partial charge is 0.138 e. The summed E-state index contributed by atoms with van der Waals surface area (Å²) in [6, 6.07) is 1.93. The van der Waals surface area contributed by atoms with Crippen LogP contribution in [0.1, 0.15) is 19.8 Å². The highest BCUT2D eigenvalue weighted by atomic mass is 79.9. The first-order chi connectivity index (χ1) is 7.22. The van der Waals surface area contributed by atoms with Crippen LogP contribution in [0.5, 0.6) is 5.75 Å². The van der Waals surface area contributed by atoms with Gasteiger partial charge in [0.15, 0.2) is 0 Å². The molecule has 1 unspecified atom stereocenters. The van der Waals surface area contributed by atoms with Crippen LogP contribution in [-0.4, -0.2) is 16.9 Å². The topological polar surface area (TPSA) is 22.1 Å². The molecule has 0 aliphatic carbocycles. The van der Waals surface area contributed by atoms with E-state index in [0.29, 0.717) is 5.92 Å². The maximum atomic E-state index is 5.60. The van der Waals surface area contributed by atoms with E-state index in [1.54, 1.807) is 12.4 Å². The second kappa shape index (κ2) is 7.23. The average Bonchev–Trinajstić information content (AvgIpc) is 2.18. The van der Waals surface area contributed by atoms with Gasteiger partial charge in [-0.3, -0.25) is 4.98 Å². The minimum atomic E-state index is 0.699. The van der Waals surface area contributed by atoms with E-state index in [1.165, 1.54) is 6.42 Å². The lowest BCUT2D eigenvalue weighted by Gasteiger charge is -2.10. The van der Waals surface area contributed by atoms with Crippen molar-refractivity contribution >= 4 is 31.9 Å². The fourth-order valence-corrected chi connectivity index (χ4v) is 2.31. The van der Waals surface area contributed by atoms with Crippen molar-refractivity contribution in [2.45, 2.75) is 19.8 Å². The highest BCUT2D eigenvalue weighted by Gasteiger charge is 2.02. The van der Waals surface area contributed by atoms with E-state index in [4.69, 9.17) is 4.74 Å². The zero-order chi connectivity index (χ0) is 11.1. The highest BCUT2D eigenvalue weighted by molar-refractivity contribution is 9.10. The molecule has 2 nitrogen and oxygen atoms in total. The Labute approximate surface area is 108 Å². The van der Waals surface area contributed by atoms with Crippen molar-refractivity contribution in [3.05, 3.63) is 22.9 Å². The van der Waals surface area contributed by atoms with E-state index >= 15 is 0 Å². The zero-order valence-corrected chi connectivity index (χ0v) is 11.9. The maximum absolute atomic E-state index is 5.60. The van der Waals surface area contributed by atoms with Gasteiger partial charge < -0.3 is 4.74 Å². The number of ether oxygens (including phenoxy) is 1. The molecule has 1 rings (SSSR count). The molecule has 0 amide bonds. The lowest BCUT2D eigenvalue weighted by atomic mass is 10.1. The number of alkyl halides is 1. The first-order valence-electron chi connectivity index (χ1n) is 5.01. The van der Waals surface area contributed by atoms with Gasteiger partial charge in [0.2, 0.25) is 0 Å². The summed E-state index contributed by atoms with van der Waals surface area (Å²) in [6.45, 7) is 3.00. The molecule has 0 aliphatic heterocycles. The number of rotatable bonds is 6. The average molecular weight is 337 g/mol. The molecule has 1 aromatic heterocycles. The molecule has 84 valence electrons. The van der Waals surface area contributed by atoms with Gasteiger partial charge in [-0.1, -0.05) is 22.9 Å². The van der Waals surface area contributed by atoms with Gasteiger partial charge in [0.1, 0.15) is 5.75 Å². The van der Waals surface area contributed by atoms with Crippen molar-refractivity contribution in [3.63, 3.8) is 0 Å². The van der Waals surface area contributed by atoms with Crippen molar-refractivity contribution in [1.82, 2.24) is 4.98 Å². The van der Waals surface area contributed by atoms with Gasteiger partial charge >= 0.3 is 0 Å². The van der Waals surface area contributed by atoms with Crippen LogP contribution >= 0.6 is 31.9 Å². The molecule has 0 N–H and O–H groups in total. The molecule has 0 radical (unpaired) electrons. The zero-order valence-electron chi connectivity index (χ0n) is 8.75. The number of aromatic nitrogens is 1. The molecule has 1 aromatic rings. The SMILES string of the molecule is CC(CCBr)CCOc1cncc(Br)c1. The quantitative estimate of drug-likeness (QED) is 0.731. The molecule has 1 atom stereocenters. The summed E-state index contributed by atoms with van der Waals surface area (Å²) in [4.78, 5) is 4.04. The summed E-state index contributed by atoms with van der Waals surface area (Å²) >= 11 is 6.80. The van der Waals surface area contributed by atoms with Crippen LogP contribution in [0.15, 0.2) is 22.9 Å². The fourth-order valence-electron chi connectivity index (χ4n) is 1.18. The van der Waals surface area contributed by atoms with E-state index in [2.05, 4.69) is 43.8 Å². The molecule has 0 spiro atoms. The Balaban J connectivity index is 2.25. The van der Waals surface area contributed by atoms with Crippen molar-refractivity contribution in [1.29, 1.82) is 0 Å². The van der Waals surface area contributed by atoms with Crippen LogP contribution in [0.25, 0.3) is 0 Å². The van der Waals surface area contributed by atoms with E-state index in [-0.39, 0.29) is 0 Å². The summed E-state index contributed by atoms with van der Waals surface area (Å²) in [6.07, 6.45) is 5.76. The lowest BCUT2D eigenvalue weighted by molar-refractivity contribution is 0.281. The summed E-state index contributed by atoms with van der Waals surface area (Å²) < 4.78 is 6.55. The Bertz CT molecular complexity index is 294. The van der Waals surface area contributed by atoms with Crippen LogP contribution < -0.4 is 4.74 Å². The van der Waals surface area contributed by atoms with E-state index in [1.807, 2.05) is 6.07 Å². The van der Waals surface area contributed by atoms with Crippen molar-refractivity contribution < 1.29 is 4.74 Å². The minimum Gasteiger partial charge on any atom is -0.492 e. The standard InChI is InChI=1S/C11H15Br2NO/c1-9(2-4-12)3-5-15-11-6-10(13)7-14-8-11/h6-9H,2-5H2,1H3. The molecule has 0 saturated heterocycles. The van der Waals surface area contributed by atoms with Crippen LogP contribution in [0.2, 0.25) is 0 Å². The van der Waals surface area contributed by atoms with Gasteiger partial charge in [-0.2, -0.15) is 0 Å². The van der Waals surface area contributed by atoms with Gasteiger partial charge in [-0.25, -0.2) is 0 Å². The largest absolute Gasteiger partial charge is 0.492 e. The third kappa shape index (κ3) is 5.52. The summed E-state index contributed by atoms with van der Waals surface area (Å²) in [7, 11) is 0. The number of nitrogens with zero attached hydrogens (tertiary/aromatic N) is 1. The third-order valence-electron chi connectivity index (χ3n) is 2.16. The first kappa shape index (κ1) is 13.0. The molecular formula is C11H15Br2NO. The van der Waals surface area contributed by atoms with Crippen LogP contribution in [0, 0.1) is 5.92 Å². The Morgan fingerprint density at radius 3 is 2.87 bits per heavy atom. The maximum Gasteiger partial charge on any atom is 0.138 e. The van der Waals surface area contributed by atoms with E-state index in [0.717, 1.165) is 28.6 Å². The second-order valence-electron chi connectivity index (χ2n) is 3.56. The Kier molecular flexibility index (Phi) is 6.25. The lowest BCUT2D eigenvalue weighted by Crippen LogP contribution is -2.04. The van der Waals surface area contributed by atoms with Crippen molar-refractivity contribution in [3.8, 4) is 5.75 Å². The third-order valence-corrected chi connectivity index (χ3v) is 3.05. The molecule has 1 heterocycles. The molecule has 15 heavy (non-hydrogen) atoms. The first-order valence-corrected chi connectivity index (χ1v) is 6.93. The van der Waals surface area contributed by atoms with Gasteiger partial charge in [-0.05, 0) is 40.8 Å². The van der Waals surface area contributed by atoms with E-state index in [9.17, 15) is 0 Å². The minimum absolute atomic E-state index is 0.699. The van der Waals surface area contributed by atoms with Crippen molar-refractivity contribution in [2.75, 3.05) is 11.9 Å².